The molecule has 0 saturated heterocycles. The number of carboxylic acids is 1. The molecule has 0 saturated carbocycles. The van der Waals surface area contributed by atoms with Gasteiger partial charge >= 0.3 is 5.97 Å². The van der Waals surface area contributed by atoms with Crippen molar-refractivity contribution in [2.75, 3.05) is 0 Å². The average Bonchev–Trinajstić information content (AvgIpc) is 1.87. The molecule has 0 aliphatic rings. The Morgan fingerprint density at radius 3 is 2.27 bits per heavy atom. The van der Waals surface area contributed by atoms with Crippen molar-refractivity contribution in [3.63, 3.8) is 0 Å². The van der Waals surface area contributed by atoms with Crippen LogP contribution in [0.4, 0.5) is 0 Å². The molecule has 11 heavy (non-hydrogen) atoms. The molecule has 0 heterocycles. The summed E-state index contributed by atoms with van der Waals surface area (Å²) in [5.74, 6) is -1.01. The third-order valence-electron chi connectivity index (χ3n) is 1.58. The molecule has 0 radical (unpaired) electrons. The Morgan fingerprint density at radius 1 is 1.55 bits per heavy atom. The molecule has 0 aromatic heterocycles. The van der Waals surface area contributed by atoms with Crippen molar-refractivity contribution >= 4 is 5.97 Å². The third-order valence-corrected chi connectivity index (χ3v) is 1.58. The molecule has 0 aromatic carbocycles. The van der Waals surface area contributed by atoms with Gasteiger partial charge in [-0.1, -0.05) is 13.8 Å². The Hall–Kier alpha value is -0.610. The zero-order valence-electron chi connectivity index (χ0n) is 6.82. The van der Waals surface area contributed by atoms with Gasteiger partial charge in [0.1, 0.15) is 6.04 Å². The topological polar surface area (TPSA) is 83.5 Å². The normalized spacial score (nSPS) is 16.5. The van der Waals surface area contributed by atoms with Crippen molar-refractivity contribution in [2.45, 2.75) is 32.4 Å². The predicted octanol–water partition coefficient (Wildman–Crippen LogP) is -0.195. The Bertz CT molecular complexity index is 136. The van der Waals surface area contributed by atoms with Gasteiger partial charge in [0.05, 0.1) is 6.10 Å². The first kappa shape index (κ1) is 10.4. The number of aliphatic hydroxyl groups excluding tert-OH is 1. The van der Waals surface area contributed by atoms with Crippen molar-refractivity contribution in [1.82, 2.24) is 0 Å². The lowest BCUT2D eigenvalue weighted by Gasteiger charge is -2.16. The van der Waals surface area contributed by atoms with Gasteiger partial charge in [0.25, 0.3) is 0 Å². The summed E-state index contributed by atoms with van der Waals surface area (Å²) < 4.78 is 0. The lowest BCUT2D eigenvalue weighted by Crippen LogP contribution is -2.35. The van der Waals surface area contributed by atoms with E-state index in [-0.39, 0.29) is 12.3 Å². The molecule has 0 amide bonds. The molecule has 2 atom stereocenters. The van der Waals surface area contributed by atoms with E-state index in [2.05, 4.69) is 0 Å². The minimum Gasteiger partial charge on any atom is -0.480 e. The van der Waals surface area contributed by atoms with Gasteiger partial charge in [0.15, 0.2) is 0 Å². The molecule has 66 valence electrons. The van der Waals surface area contributed by atoms with Crippen molar-refractivity contribution in [2.24, 2.45) is 11.7 Å². The first-order valence-electron chi connectivity index (χ1n) is 3.61. The van der Waals surface area contributed by atoms with Crippen LogP contribution in [0.25, 0.3) is 0 Å². The van der Waals surface area contributed by atoms with E-state index >= 15 is 0 Å². The highest BCUT2D eigenvalue weighted by molar-refractivity contribution is 5.73. The van der Waals surface area contributed by atoms with Gasteiger partial charge in [-0.05, 0) is 12.3 Å². The largest absolute Gasteiger partial charge is 0.480 e. The smallest absolute Gasteiger partial charge is 0.320 e. The number of hydrogen-bond donors (Lipinski definition) is 3. The van der Waals surface area contributed by atoms with E-state index in [4.69, 9.17) is 10.8 Å². The Kier molecular flexibility index (Phi) is 4.07. The van der Waals surface area contributed by atoms with Crippen LogP contribution in [0.2, 0.25) is 0 Å². The van der Waals surface area contributed by atoms with Crippen molar-refractivity contribution in [3.05, 3.63) is 0 Å². The van der Waals surface area contributed by atoms with E-state index in [1.54, 1.807) is 0 Å². The van der Waals surface area contributed by atoms with Crippen LogP contribution in [0.5, 0.6) is 0 Å². The molecule has 4 heteroatoms. The van der Waals surface area contributed by atoms with E-state index in [1.807, 2.05) is 13.8 Å². The number of hydrogen-bond acceptors (Lipinski definition) is 3. The van der Waals surface area contributed by atoms with Gasteiger partial charge in [-0.25, -0.2) is 0 Å². The Morgan fingerprint density at radius 2 is 2.00 bits per heavy atom. The first-order chi connectivity index (χ1) is 4.95. The fraction of sp³-hybridized carbons (Fsp3) is 0.857. The first-order valence-corrected chi connectivity index (χ1v) is 3.61. The van der Waals surface area contributed by atoms with Gasteiger partial charge in [-0.15, -0.1) is 0 Å². The summed E-state index contributed by atoms with van der Waals surface area (Å²) in [4.78, 5) is 10.2. The number of nitrogens with two attached hydrogens (primary N) is 1. The highest BCUT2D eigenvalue weighted by atomic mass is 16.4. The summed E-state index contributed by atoms with van der Waals surface area (Å²) >= 11 is 0. The van der Waals surface area contributed by atoms with Crippen LogP contribution in [0.3, 0.4) is 0 Å². The van der Waals surface area contributed by atoms with Gasteiger partial charge in [-0.2, -0.15) is 0 Å². The SMILES string of the molecule is CC(C)[C@H](O)C[C@@H](N)C(=O)O. The van der Waals surface area contributed by atoms with Gasteiger partial charge in [-0.3, -0.25) is 4.79 Å². The summed E-state index contributed by atoms with van der Waals surface area (Å²) in [5.41, 5.74) is 5.20. The monoisotopic (exact) mass is 161 g/mol. The van der Waals surface area contributed by atoms with Crippen LogP contribution in [0.15, 0.2) is 0 Å². The van der Waals surface area contributed by atoms with Crippen molar-refractivity contribution in [1.29, 1.82) is 0 Å². The van der Waals surface area contributed by atoms with Crippen LogP contribution >= 0.6 is 0 Å². The summed E-state index contributed by atoms with van der Waals surface area (Å²) in [7, 11) is 0. The van der Waals surface area contributed by atoms with Crippen LogP contribution in [-0.4, -0.2) is 28.3 Å². The average molecular weight is 161 g/mol. The molecular weight excluding hydrogens is 146 g/mol. The second kappa shape index (κ2) is 4.31. The Balaban J connectivity index is 3.75. The minimum atomic E-state index is -1.07. The highest BCUT2D eigenvalue weighted by Crippen LogP contribution is 2.06. The zero-order valence-corrected chi connectivity index (χ0v) is 6.82. The summed E-state index contributed by atoms with van der Waals surface area (Å²) in [5, 5.41) is 17.6. The number of aliphatic hydroxyl groups is 1. The highest BCUT2D eigenvalue weighted by Gasteiger charge is 2.18. The van der Waals surface area contributed by atoms with Crippen molar-refractivity contribution < 1.29 is 15.0 Å². The summed E-state index contributed by atoms with van der Waals surface area (Å²) in [6.45, 7) is 3.64. The number of carbonyl (C=O) groups is 1. The molecule has 0 aromatic rings. The van der Waals surface area contributed by atoms with Gasteiger partial charge in [0.2, 0.25) is 0 Å². The molecule has 4 nitrogen and oxygen atoms in total. The maximum Gasteiger partial charge on any atom is 0.320 e. The fourth-order valence-corrected chi connectivity index (χ4v) is 0.633. The van der Waals surface area contributed by atoms with E-state index in [9.17, 15) is 9.90 Å². The lowest BCUT2D eigenvalue weighted by molar-refractivity contribution is -0.139. The lowest BCUT2D eigenvalue weighted by atomic mass is 10.0. The van der Waals surface area contributed by atoms with Gasteiger partial charge in [0, 0.05) is 0 Å². The fourth-order valence-electron chi connectivity index (χ4n) is 0.633. The summed E-state index contributed by atoms with van der Waals surface area (Å²) in [6.07, 6.45) is -0.506. The summed E-state index contributed by atoms with van der Waals surface area (Å²) in [6, 6.07) is -0.951. The van der Waals surface area contributed by atoms with E-state index in [0.29, 0.717) is 0 Å². The van der Waals surface area contributed by atoms with Crippen LogP contribution in [0.1, 0.15) is 20.3 Å². The molecule has 0 bridgehead atoms. The molecule has 0 spiro atoms. The van der Waals surface area contributed by atoms with E-state index < -0.39 is 18.1 Å². The maximum atomic E-state index is 10.2. The van der Waals surface area contributed by atoms with Crippen LogP contribution < -0.4 is 5.73 Å². The second-order valence-electron chi connectivity index (χ2n) is 2.99. The number of rotatable bonds is 4. The second-order valence-corrected chi connectivity index (χ2v) is 2.99. The molecule has 0 fully saturated rings. The maximum absolute atomic E-state index is 10.2. The predicted molar refractivity (Wildman–Crippen MR) is 41.1 cm³/mol. The third kappa shape index (κ3) is 3.95. The van der Waals surface area contributed by atoms with E-state index in [0.717, 1.165) is 0 Å². The molecule has 4 N–H and O–H groups in total. The number of aliphatic carboxylic acids is 1. The zero-order chi connectivity index (χ0) is 9.02. The van der Waals surface area contributed by atoms with E-state index in [1.165, 1.54) is 0 Å². The standard InChI is InChI=1S/C7H15NO3/c1-4(2)6(9)3-5(8)7(10)11/h4-6,9H,3,8H2,1-2H3,(H,10,11)/t5-,6-/m1/s1. The van der Waals surface area contributed by atoms with Crippen molar-refractivity contribution in [3.8, 4) is 0 Å². The minimum absolute atomic E-state index is 0.0559. The molecule has 0 aliphatic heterocycles. The van der Waals surface area contributed by atoms with Crippen LogP contribution in [-0.2, 0) is 4.79 Å². The quantitative estimate of drug-likeness (QED) is 0.533. The molecule has 0 rings (SSSR count). The van der Waals surface area contributed by atoms with Crippen LogP contribution in [0, 0.1) is 5.92 Å². The molecule has 0 aliphatic carbocycles. The van der Waals surface area contributed by atoms with Gasteiger partial charge < -0.3 is 15.9 Å². The molecule has 0 unspecified atom stereocenters. The molecular formula is C7H15NO3. The Labute approximate surface area is 66.0 Å². The number of carboxylic acid groups (broad SMARTS) is 1.